The Morgan fingerprint density at radius 3 is 2.41 bits per heavy atom. The minimum Gasteiger partial charge on any atom is -0.354 e. The van der Waals surface area contributed by atoms with E-state index in [-0.39, 0.29) is 0 Å². The fourth-order valence-electron chi connectivity index (χ4n) is 1.45. The number of hydrogen-bond donors (Lipinski definition) is 1. The highest BCUT2D eigenvalue weighted by molar-refractivity contribution is 6.30. The van der Waals surface area contributed by atoms with Crippen LogP contribution in [-0.2, 0) is 6.42 Å². The Labute approximate surface area is 106 Å². The highest BCUT2D eigenvalue weighted by Crippen LogP contribution is 2.10. The lowest BCUT2D eigenvalue weighted by atomic mass is 10.1. The Morgan fingerprint density at radius 2 is 1.76 bits per heavy atom. The molecule has 0 aliphatic heterocycles. The maximum Gasteiger partial charge on any atom is 0.222 e. The summed E-state index contributed by atoms with van der Waals surface area (Å²) >= 11 is 5.82. The summed E-state index contributed by atoms with van der Waals surface area (Å²) in [7, 11) is 0. The first kappa shape index (κ1) is 11.9. The van der Waals surface area contributed by atoms with Crippen LogP contribution < -0.4 is 5.32 Å². The van der Waals surface area contributed by atoms with E-state index in [0.717, 1.165) is 23.6 Å². The minimum absolute atomic E-state index is 0.671. The van der Waals surface area contributed by atoms with Crippen molar-refractivity contribution in [1.29, 1.82) is 0 Å². The molecule has 0 spiro atoms. The second-order valence-electron chi connectivity index (χ2n) is 3.89. The van der Waals surface area contributed by atoms with E-state index < -0.39 is 0 Å². The lowest BCUT2D eigenvalue weighted by Gasteiger charge is -2.04. The number of rotatable bonds is 4. The molecule has 0 fully saturated rings. The van der Waals surface area contributed by atoms with E-state index in [4.69, 9.17) is 11.6 Å². The van der Waals surface area contributed by atoms with Gasteiger partial charge in [0, 0.05) is 24.0 Å². The van der Waals surface area contributed by atoms with E-state index in [1.165, 1.54) is 5.56 Å². The van der Waals surface area contributed by atoms with Crippen LogP contribution in [0.1, 0.15) is 11.1 Å². The van der Waals surface area contributed by atoms with Gasteiger partial charge in [-0.25, -0.2) is 9.97 Å². The molecule has 0 saturated heterocycles. The molecule has 1 N–H and O–H groups in total. The first-order chi connectivity index (χ1) is 8.24. The summed E-state index contributed by atoms with van der Waals surface area (Å²) in [5.41, 5.74) is 2.31. The van der Waals surface area contributed by atoms with Gasteiger partial charge < -0.3 is 5.32 Å². The zero-order chi connectivity index (χ0) is 12.1. The van der Waals surface area contributed by atoms with Crippen molar-refractivity contribution in [2.75, 3.05) is 11.9 Å². The molecule has 0 aliphatic rings. The maximum atomic E-state index is 5.82. The van der Waals surface area contributed by atoms with Crippen molar-refractivity contribution >= 4 is 17.5 Å². The summed E-state index contributed by atoms with van der Waals surface area (Å²) in [6.45, 7) is 2.78. The van der Waals surface area contributed by atoms with Gasteiger partial charge in [0.2, 0.25) is 5.95 Å². The van der Waals surface area contributed by atoms with Crippen molar-refractivity contribution < 1.29 is 0 Å². The Balaban J connectivity index is 1.83. The monoisotopic (exact) mass is 247 g/mol. The van der Waals surface area contributed by atoms with Crippen LogP contribution in [0.15, 0.2) is 36.7 Å². The smallest absolute Gasteiger partial charge is 0.222 e. The zero-order valence-corrected chi connectivity index (χ0v) is 10.4. The number of aryl methyl sites for hydroxylation is 1. The zero-order valence-electron chi connectivity index (χ0n) is 9.65. The van der Waals surface area contributed by atoms with Crippen LogP contribution in [0.5, 0.6) is 0 Å². The van der Waals surface area contributed by atoms with Crippen molar-refractivity contribution in [3.8, 4) is 0 Å². The molecule has 2 aromatic rings. The molecular formula is C13H14ClN3. The average molecular weight is 248 g/mol. The predicted octanol–water partition coefficient (Wildman–Crippen LogP) is 3.09. The SMILES string of the molecule is Cc1cnc(NCCc2ccc(Cl)cc2)nc1. The van der Waals surface area contributed by atoms with Crippen LogP contribution in [0.4, 0.5) is 5.95 Å². The van der Waals surface area contributed by atoms with Crippen molar-refractivity contribution in [2.24, 2.45) is 0 Å². The number of halogens is 1. The van der Waals surface area contributed by atoms with Crippen LogP contribution >= 0.6 is 11.6 Å². The maximum absolute atomic E-state index is 5.82. The summed E-state index contributed by atoms with van der Waals surface area (Å²) in [6.07, 6.45) is 4.53. The van der Waals surface area contributed by atoms with Gasteiger partial charge >= 0.3 is 0 Å². The number of anilines is 1. The molecular weight excluding hydrogens is 234 g/mol. The summed E-state index contributed by atoms with van der Waals surface area (Å²) in [5.74, 6) is 0.671. The molecule has 0 bridgehead atoms. The largest absolute Gasteiger partial charge is 0.354 e. The minimum atomic E-state index is 0.671. The van der Waals surface area contributed by atoms with E-state index in [1.807, 2.05) is 31.2 Å². The van der Waals surface area contributed by atoms with Gasteiger partial charge in [-0.3, -0.25) is 0 Å². The third-order valence-electron chi connectivity index (χ3n) is 2.39. The molecule has 1 aromatic carbocycles. The first-order valence-corrected chi connectivity index (χ1v) is 5.89. The molecule has 0 amide bonds. The molecule has 0 atom stereocenters. The van der Waals surface area contributed by atoms with Crippen molar-refractivity contribution in [3.63, 3.8) is 0 Å². The molecule has 1 aromatic heterocycles. The van der Waals surface area contributed by atoms with Gasteiger partial charge in [0.15, 0.2) is 0 Å². The first-order valence-electron chi connectivity index (χ1n) is 5.51. The van der Waals surface area contributed by atoms with E-state index >= 15 is 0 Å². The van der Waals surface area contributed by atoms with Crippen molar-refractivity contribution in [1.82, 2.24) is 9.97 Å². The van der Waals surface area contributed by atoms with Crippen molar-refractivity contribution in [2.45, 2.75) is 13.3 Å². The molecule has 3 nitrogen and oxygen atoms in total. The molecule has 2 rings (SSSR count). The lowest BCUT2D eigenvalue weighted by Crippen LogP contribution is -2.07. The summed E-state index contributed by atoms with van der Waals surface area (Å²) < 4.78 is 0. The molecule has 4 heteroatoms. The third-order valence-corrected chi connectivity index (χ3v) is 2.64. The summed E-state index contributed by atoms with van der Waals surface area (Å²) in [4.78, 5) is 8.36. The number of aromatic nitrogens is 2. The van der Waals surface area contributed by atoms with Gasteiger partial charge in [-0.1, -0.05) is 23.7 Å². The van der Waals surface area contributed by atoms with E-state index in [1.54, 1.807) is 12.4 Å². The molecule has 88 valence electrons. The van der Waals surface area contributed by atoms with Gasteiger partial charge in [0.1, 0.15) is 0 Å². The average Bonchev–Trinajstić information content (AvgIpc) is 2.34. The Hall–Kier alpha value is -1.61. The molecule has 17 heavy (non-hydrogen) atoms. The molecule has 1 heterocycles. The van der Waals surface area contributed by atoms with Gasteiger partial charge in [-0.05, 0) is 36.6 Å². The number of nitrogens with one attached hydrogen (secondary N) is 1. The Bertz CT molecular complexity index is 420. The number of benzene rings is 1. The molecule has 0 radical (unpaired) electrons. The Morgan fingerprint density at radius 1 is 1.12 bits per heavy atom. The fourth-order valence-corrected chi connectivity index (χ4v) is 1.58. The van der Waals surface area contributed by atoms with E-state index in [2.05, 4.69) is 15.3 Å². The Kier molecular flexibility index (Phi) is 3.94. The van der Waals surface area contributed by atoms with Crippen molar-refractivity contribution in [3.05, 3.63) is 52.8 Å². The number of hydrogen-bond acceptors (Lipinski definition) is 3. The summed E-state index contributed by atoms with van der Waals surface area (Å²) in [5, 5.41) is 3.95. The van der Waals surface area contributed by atoms with E-state index in [9.17, 15) is 0 Å². The predicted molar refractivity (Wildman–Crippen MR) is 70.4 cm³/mol. The fraction of sp³-hybridized carbons (Fsp3) is 0.231. The molecule has 0 aliphatic carbocycles. The standard InChI is InChI=1S/C13H14ClN3/c1-10-8-16-13(17-9-10)15-7-6-11-2-4-12(14)5-3-11/h2-5,8-9H,6-7H2,1H3,(H,15,16,17). The summed E-state index contributed by atoms with van der Waals surface area (Å²) in [6, 6.07) is 7.86. The second-order valence-corrected chi connectivity index (χ2v) is 4.32. The second kappa shape index (κ2) is 5.64. The highest BCUT2D eigenvalue weighted by Gasteiger charge is 1.96. The van der Waals surface area contributed by atoms with Gasteiger partial charge in [-0.15, -0.1) is 0 Å². The van der Waals surface area contributed by atoms with Crippen LogP contribution in [0.2, 0.25) is 5.02 Å². The van der Waals surface area contributed by atoms with Crippen LogP contribution in [0, 0.1) is 6.92 Å². The molecule has 0 unspecified atom stereocenters. The topological polar surface area (TPSA) is 37.8 Å². The van der Waals surface area contributed by atoms with Gasteiger partial charge in [0.25, 0.3) is 0 Å². The molecule has 0 saturated carbocycles. The normalized spacial score (nSPS) is 10.2. The van der Waals surface area contributed by atoms with Gasteiger partial charge in [-0.2, -0.15) is 0 Å². The third kappa shape index (κ3) is 3.71. The van der Waals surface area contributed by atoms with E-state index in [0.29, 0.717) is 5.95 Å². The quantitative estimate of drug-likeness (QED) is 0.902. The van der Waals surface area contributed by atoms with Crippen LogP contribution in [-0.4, -0.2) is 16.5 Å². The van der Waals surface area contributed by atoms with Crippen LogP contribution in [0.3, 0.4) is 0 Å². The highest BCUT2D eigenvalue weighted by atomic mass is 35.5. The lowest BCUT2D eigenvalue weighted by molar-refractivity contribution is 0.979. The number of nitrogens with zero attached hydrogens (tertiary/aromatic N) is 2. The van der Waals surface area contributed by atoms with Crippen LogP contribution in [0.25, 0.3) is 0 Å². The van der Waals surface area contributed by atoms with Gasteiger partial charge in [0.05, 0.1) is 0 Å².